The van der Waals surface area contributed by atoms with Crippen LogP contribution in [0.25, 0.3) is 0 Å². The molecule has 0 saturated carbocycles. The fourth-order valence-electron chi connectivity index (χ4n) is 4.45. The zero-order valence-corrected chi connectivity index (χ0v) is 23.9. The molecule has 13 heteroatoms. The van der Waals surface area contributed by atoms with Crippen LogP contribution in [-0.4, -0.2) is 55.2 Å². The Hall–Kier alpha value is -4.67. The molecular weight excluding hydrogens is 578 g/mol. The summed E-state index contributed by atoms with van der Waals surface area (Å²) < 4.78 is 33.7. The SMILES string of the molecule is O=C(CNC(=O)C(=O)Nc1ccccc1F)NC(CC1CCNC1=O)C(=O)COP(=O)(c1ccccc1)c1ccccc1. The van der Waals surface area contributed by atoms with Crippen LogP contribution in [0.3, 0.4) is 0 Å². The van der Waals surface area contributed by atoms with Crippen LogP contribution in [0.1, 0.15) is 12.8 Å². The summed E-state index contributed by atoms with van der Waals surface area (Å²) in [6, 6.07) is 20.8. The Balaban J connectivity index is 1.42. The van der Waals surface area contributed by atoms with Gasteiger partial charge >= 0.3 is 11.8 Å². The standard InChI is InChI=1S/C30H30FN4O7P/c31-23-13-7-8-14-24(23)35-30(40)29(39)33-18-27(37)34-25(17-20-15-16-32-28(20)38)26(36)19-42-43(41,21-9-3-1-4-10-21)22-11-5-2-6-12-22/h1-14,20,25H,15-19H2,(H,32,38)(H,33,39)(H,34,37)(H,35,40). The van der Waals surface area contributed by atoms with Gasteiger partial charge in [0.2, 0.25) is 11.8 Å². The molecule has 0 aliphatic carbocycles. The van der Waals surface area contributed by atoms with E-state index in [9.17, 15) is 32.9 Å². The fraction of sp³-hybridized carbons (Fsp3) is 0.233. The van der Waals surface area contributed by atoms with Gasteiger partial charge in [0, 0.05) is 23.1 Å². The Morgan fingerprint density at radius 1 is 0.907 bits per heavy atom. The summed E-state index contributed by atoms with van der Waals surface area (Å²) in [4.78, 5) is 62.7. The minimum absolute atomic E-state index is 0.0531. The van der Waals surface area contributed by atoms with Crippen molar-refractivity contribution in [1.82, 2.24) is 16.0 Å². The third-order valence-corrected chi connectivity index (χ3v) is 9.17. The second kappa shape index (κ2) is 14.5. The lowest BCUT2D eigenvalue weighted by Gasteiger charge is -2.23. The van der Waals surface area contributed by atoms with Crippen LogP contribution in [0.2, 0.25) is 0 Å². The predicted octanol–water partition coefficient (Wildman–Crippen LogP) is 1.41. The largest absolute Gasteiger partial charge is 0.356 e. The molecule has 3 aromatic rings. The number of rotatable bonds is 12. The molecule has 11 nitrogen and oxygen atoms in total. The number of carbonyl (C=O) groups excluding carboxylic acids is 5. The molecule has 4 N–H and O–H groups in total. The maximum atomic E-state index is 14.1. The van der Waals surface area contributed by atoms with Crippen molar-refractivity contribution >= 4 is 53.1 Å². The monoisotopic (exact) mass is 608 g/mol. The van der Waals surface area contributed by atoms with Gasteiger partial charge in [-0.1, -0.05) is 48.5 Å². The van der Waals surface area contributed by atoms with E-state index in [2.05, 4.69) is 21.3 Å². The van der Waals surface area contributed by atoms with Crippen LogP contribution >= 0.6 is 7.37 Å². The molecule has 43 heavy (non-hydrogen) atoms. The predicted molar refractivity (Wildman–Crippen MR) is 156 cm³/mol. The van der Waals surface area contributed by atoms with E-state index in [1.807, 2.05) is 0 Å². The topological polar surface area (TPSA) is 160 Å². The maximum Gasteiger partial charge on any atom is 0.313 e. The van der Waals surface area contributed by atoms with Crippen LogP contribution in [0.15, 0.2) is 84.9 Å². The number of hydrogen-bond acceptors (Lipinski definition) is 7. The van der Waals surface area contributed by atoms with E-state index in [0.29, 0.717) is 23.6 Å². The van der Waals surface area contributed by atoms with E-state index < -0.39 is 61.8 Å². The Labute approximate surface area is 247 Å². The zero-order chi connectivity index (χ0) is 30.8. The van der Waals surface area contributed by atoms with Gasteiger partial charge in [-0.2, -0.15) is 0 Å². The molecule has 2 atom stereocenters. The highest BCUT2D eigenvalue weighted by Gasteiger charge is 2.34. The number of para-hydroxylation sites is 1. The van der Waals surface area contributed by atoms with E-state index in [0.717, 1.165) is 6.07 Å². The van der Waals surface area contributed by atoms with Crippen LogP contribution < -0.4 is 31.9 Å². The van der Waals surface area contributed by atoms with Crippen molar-refractivity contribution in [2.24, 2.45) is 5.92 Å². The number of anilines is 1. The summed E-state index contributed by atoms with van der Waals surface area (Å²) in [5.41, 5.74) is -0.212. The van der Waals surface area contributed by atoms with Crippen LogP contribution in [0, 0.1) is 11.7 Å². The molecule has 4 rings (SSSR count). The second-order valence-electron chi connectivity index (χ2n) is 9.71. The average molecular weight is 609 g/mol. The molecule has 0 radical (unpaired) electrons. The van der Waals surface area contributed by atoms with Gasteiger partial charge in [0.05, 0.1) is 18.3 Å². The summed E-state index contributed by atoms with van der Waals surface area (Å²) in [6.07, 6.45) is 0.390. The summed E-state index contributed by atoms with van der Waals surface area (Å²) in [5, 5.41) is 10.1. The van der Waals surface area contributed by atoms with Crippen LogP contribution in [0.5, 0.6) is 0 Å². The first-order valence-electron chi connectivity index (χ1n) is 13.5. The van der Waals surface area contributed by atoms with E-state index in [1.54, 1.807) is 60.7 Å². The van der Waals surface area contributed by atoms with E-state index in [1.165, 1.54) is 18.2 Å². The first kappa shape index (κ1) is 31.3. The maximum absolute atomic E-state index is 14.1. The number of amides is 4. The first-order chi connectivity index (χ1) is 20.7. The van der Waals surface area contributed by atoms with Gasteiger partial charge in [0.25, 0.3) is 7.37 Å². The molecule has 0 bridgehead atoms. The smallest absolute Gasteiger partial charge is 0.313 e. The lowest BCUT2D eigenvalue weighted by molar-refractivity contribution is -0.137. The van der Waals surface area contributed by atoms with Gasteiger partial charge in [-0.3, -0.25) is 28.5 Å². The number of benzene rings is 3. The lowest BCUT2D eigenvalue weighted by atomic mass is 9.96. The average Bonchev–Trinajstić information content (AvgIpc) is 3.43. The molecular formula is C30H30FN4O7P. The van der Waals surface area contributed by atoms with Gasteiger partial charge in [-0.05, 0) is 49.2 Å². The number of nitrogens with one attached hydrogen (secondary N) is 4. The lowest BCUT2D eigenvalue weighted by Crippen LogP contribution is -2.49. The molecule has 0 aromatic heterocycles. The van der Waals surface area contributed by atoms with Gasteiger partial charge in [-0.25, -0.2) is 4.39 Å². The molecule has 1 heterocycles. The summed E-state index contributed by atoms with van der Waals surface area (Å²) in [5.74, 6) is -5.44. The quantitative estimate of drug-likeness (QED) is 0.179. The Bertz CT molecular complexity index is 1490. The van der Waals surface area contributed by atoms with Crippen molar-refractivity contribution in [2.75, 3.05) is 25.0 Å². The molecule has 1 aliphatic rings. The van der Waals surface area contributed by atoms with Crippen molar-refractivity contribution in [3.8, 4) is 0 Å². The first-order valence-corrected chi connectivity index (χ1v) is 15.1. The van der Waals surface area contributed by atoms with Gasteiger partial charge in [0.1, 0.15) is 12.4 Å². The summed E-state index contributed by atoms with van der Waals surface area (Å²) in [6.45, 7) is -0.908. The third-order valence-electron chi connectivity index (χ3n) is 6.73. The summed E-state index contributed by atoms with van der Waals surface area (Å²) >= 11 is 0. The Morgan fingerprint density at radius 3 is 2.09 bits per heavy atom. The fourth-order valence-corrected chi connectivity index (χ4v) is 6.49. The molecule has 1 fully saturated rings. The van der Waals surface area contributed by atoms with E-state index in [-0.39, 0.29) is 18.0 Å². The minimum Gasteiger partial charge on any atom is -0.356 e. The molecule has 1 saturated heterocycles. The third kappa shape index (κ3) is 8.21. The Kier molecular flexibility index (Phi) is 10.5. The molecule has 4 amide bonds. The van der Waals surface area contributed by atoms with Gasteiger partial charge in [0.15, 0.2) is 5.78 Å². The molecule has 3 aromatic carbocycles. The molecule has 2 unspecified atom stereocenters. The van der Waals surface area contributed by atoms with Crippen LogP contribution in [-0.2, 0) is 33.1 Å². The normalized spacial score (nSPS) is 15.2. The van der Waals surface area contributed by atoms with Crippen molar-refractivity contribution in [2.45, 2.75) is 18.9 Å². The second-order valence-corrected chi connectivity index (χ2v) is 12.1. The minimum atomic E-state index is -3.71. The molecule has 1 aliphatic heterocycles. The highest BCUT2D eigenvalue weighted by atomic mass is 31.2. The number of carbonyl (C=O) groups is 5. The molecule has 0 spiro atoms. The number of Topliss-reactive ketones (excluding diaryl/α,β-unsaturated/α-hetero) is 1. The van der Waals surface area contributed by atoms with Crippen molar-refractivity contribution in [1.29, 1.82) is 0 Å². The van der Waals surface area contributed by atoms with Crippen LogP contribution in [0.4, 0.5) is 10.1 Å². The number of hydrogen-bond donors (Lipinski definition) is 4. The highest BCUT2D eigenvalue weighted by molar-refractivity contribution is 7.74. The Morgan fingerprint density at radius 2 is 1.51 bits per heavy atom. The van der Waals surface area contributed by atoms with E-state index >= 15 is 0 Å². The number of ketones is 1. The van der Waals surface area contributed by atoms with Crippen molar-refractivity contribution in [3.63, 3.8) is 0 Å². The van der Waals surface area contributed by atoms with Crippen molar-refractivity contribution < 1.29 is 37.5 Å². The van der Waals surface area contributed by atoms with Gasteiger partial charge in [-0.15, -0.1) is 0 Å². The number of halogens is 1. The summed E-state index contributed by atoms with van der Waals surface area (Å²) in [7, 11) is -3.71. The zero-order valence-electron chi connectivity index (χ0n) is 23.0. The molecule has 224 valence electrons. The highest BCUT2D eigenvalue weighted by Crippen LogP contribution is 2.44. The van der Waals surface area contributed by atoms with E-state index in [4.69, 9.17) is 4.52 Å². The van der Waals surface area contributed by atoms with Gasteiger partial charge < -0.3 is 25.8 Å². The van der Waals surface area contributed by atoms with Crippen molar-refractivity contribution in [3.05, 3.63) is 90.7 Å².